The van der Waals surface area contributed by atoms with Gasteiger partial charge in [0, 0.05) is 11.5 Å². The Balaban J connectivity index is 2.00. The zero-order valence-corrected chi connectivity index (χ0v) is 15.5. The lowest BCUT2D eigenvalue weighted by Gasteiger charge is -2.27. The Bertz CT molecular complexity index is 598. The number of nitrogens with one attached hydrogen (secondary N) is 1. The van der Waals surface area contributed by atoms with Crippen LogP contribution in [0.2, 0.25) is 0 Å². The van der Waals surface area contributed by atoms with Crippen molar-refractivity contribution in [1.82, 2.24) is 5.32 Å². The van der Waals surface area contributed by atoms with Crippen LogP contribution in [-0.4, -0.2) is 24.7 Å². The van der Waals surface area contributed by atoms with Gasteiger partial charge in [-0.25, -0.2) is 0 Å². The molecule has 0 spiro atoms. The highest BCUT2D eigenvalue weighted by molar-refractivity contribution is 5.70. The topological polar surface area (TPSA) is 38.3 Å². The third kappa shape index (κ3) is 6.35. The molecule has 0 bridgehead atoms. The highest BCUT2D eigenvalue weighted by Crippen LogP contribution is 2.27. The zero-order valence-electron chi connectivity index (χ0n) is 15.5. The first-order chi connectivity index (χ1) is 12.0. The van der Waals surface area contributed by atoms with Crippen LogP contribution in [0.3, 0.4) is 0 Å². The molecule has 0 aromatic heterocycles. The molecule has 0 unspecified atom stereocenters. The van der Waals surface area contributed by atoms with Crippen LogP contribution in [0.25, 0.3) is 0 Å². The predicted molar refractivity (Wildman–Crippen MR) is 103 cm³/mol. The summed E-state index contributed by atoms with van der Waals surface area (Å²) in [5, 5.41) is 3.52. The van der Waals surface area contributed by atoms with Gasteiger partial charge in [0.15, 0.2) is 0 Å². The molecule has 0 fully saturated rings. The average molecular weight is 339 g/mol. The van der Waals surface area contributed by atoms with Crippen LogP contribution in [0.5, 0.6) is 0 Å². The van der Waals surface area contributed by atoms with Crippen molar-refractivity contribution in [2.24, 2.45) is 0 Å². The van der Waals surface area contributed by atoms with E-state index < -0.39 is 0 Å². The zero-order chi connectivity index (χ0) is 18.1. The smallest absolute Gasteiger partial charge is 0.307 e. The Morgan fingerprint density at radius 1 is 1.00 bits per heavy atom. The van der Waals surface area contributed by atoms with E-state index in [9.17, 15) is 4.79 Å². The van der Waals surface area contributed by atoms with Gasteiger partial charge in [-0.1, -0.05) is 60.7 Å². The van der Waals surface area contributed by atoms with Crippen LogP contribution < -0.4 is 5.32 Å². The van der Waals surface area contributed by atoms with Crippen LogP contribution in [0, 0.1) is 0 Å². The lowest BCUT2D eigenvalue weighted by atomic mass is 9.88. The maximum Gasteiger partial charge on any atom is 0.307 e. The number of carbonyl (C=O) groups is 1. The molecule has 0 saturated heterocycles. The highest BCUT2D eigenvalue weighted by Gasteiger charge is 2.23. The lowest BCUT2D eigenvalue weighted by Crippen LogP contribution is -2.42. The van der Waals surface area contributed by atoms with Crippen LogP contribution in [0.4, 0.5) is 0 Å². The molecule has 2 rings (SSSR count). The van der Waals surface area contributed by atoms with Gasteiger partial charge in [0.05, 0.1) is 13.0 Å². The summed E-state index contributed by atoms with van der Waals surface area (Å²) in [6, 6.07) is 21.2. The number of ether oxygens (including phenoxy) is 1. The average Bonchev–Trinajstić information content (AvgIpc) is 2.60. The monoisotopic (exact) mass is 339 g/mol. The standard InChI is InChI=1S/C22H29NO2/c1-4-25-21(24)17-22(2,3)23-16-15-20(18-11-7-5-8-12-18)19-13-9-6-10-14-19/h5-14,20,23H,4,15-17H2,1-3H3. The van der Waals surface area contributed by atoms with E-state index in [1.165, 1.54) is 11.1 Å². The van der Waals surface area contributed by atoms with Gasteiger partial charge in [-0.05, 0) is 44.9 Å². The summed E-state index contributed by atoms with van der Waals surface area (Å²) in [4.78, 5) is 11.7. The number of esters is 1. The van der Waals surface area contributed by atoms with Gasteiger partial charge in [0.2, 0.25) is 0 Å². The SMILES string of the molecule is CCOC(=O)CC(C)(C)NCCC(c1ccccc1)c1ccccc1. The second kappa shape index (κ2) is 9.38. The molecule has 3 nitrogen and oxygen atoms in total. The quantitative estimate of drug-likeness (QED) is 0.682. The Hall–Kier alpha value is -2.13. The van der Waals surface area contributed by atoms with Gasteiger partial charge in [-0.2, -0.15) is 0 Å². The molecular formula is C22H29NO2. The van der Waals surface area contributed by atoms with E-state index in [-0.39, 0.29) is 11.5 Å². The summed E-state index contributed by atoms with van der Waals surface area (Å²) in [7, 11) is 0. The minimum atomic E-state index is -0.274. The van der Waals surface area contributed by atoms with Crippen molar-refractivity contribution in [3.63, 3.8) is 0 Å². The molecule has 0 aliphatic heterocycles. The van der Waals surface area contributed by atoms with Crippen LogP contribution in [0.15, 0.2) is 60.7 Å². The van der Waals surface area contributed by atoms with Crippen LogP contribution in [-0.2, 0) is 9.53 Å². The van der Waals surface area contributed by atoms with E-state index in [4.69, 9.17) is 4.74 Å². The lowest BCUT2D eigenvalue weighted by molar-refractivity contribution is -0.144. The van der Waals surface area contributed by atoms with Crippen molar-refractivity contribution in [3.05, 3.63) is 71.8 Å². The van der Waals surface area contributed by atoms with Gasteiger partial charge >= 0.3 is 5.97 Å². The molecule has 0 aliphatic carbocycles. The van der Waals surface area contributed by atoms with Gasteiger partial charge in [0.1, 0.15) is 0 Å². The fourth-order valence-electron chi connectivity index (χ4n) is 3.09. The van der Waals surface area contributed by atoms with Crippen molar-refractivity contribution < 1.29 is 9.53 Å². The van der Waals surface area contributed by atoms with E-state index in [0.29, 0.717) is 18.9 Å². The number of hydrogen-bond acceptors (Lipinski definition) is 3. The number of benzene rings is 2. The summed E-state index contributed by atoms with van der Waals surface area (Å²) >= 11 is 0. The summed E-state index contributed by atoms with van der Waals surface area (Å²) in [5.74, 6) is 0.191. The van der Waals surface area contributed by atoms with Gasteiger partial charge < -0.3 is 10.1 Å². The second-order valence-electron chi connectivity index (χ2n) is 6.96. The first kappa shape index (κ1) is 19.2. The summed E-state index contributed by atoms with van der Waals surface area (Å²) < 4.78 is 5.06. The molecule has 134 valence electrons. The van der Waals surface area contributed by atoms with Gasteiger partial charge in [-0.3, -0.25) is 4.79 Å². The molecule has 3 heteroatoms. The number of carbonyl (C=O) groups excluding carboxylic acids is 1. The van der Waals surface area contributed by atoms with Crippen LogP contribution >= 0.6 is 0 Å². The molecule has 0 heterocycles. The van der Waals surface area contributed by atoms with E-state index >= 15 is 0 Å². The third-order valence-electron chi connectivity index (χ3n) is 4.33. The van der Waals surface area contributed by atoms with E-state index in [0.717, 1.165) is 13.0 Å². The van der Waals surface area contributed by atoms with E-state index in [1.54, 1.807) is 0 Å². The fourth-order valence-corrected chi connectivity index (χ4v) is 3.09. The van der Waals surface area contributed by atoms with Gasteiger partial charge in [-0.15, -0.1) is 0 Å². The minimum Gasteiger partial charge on any atom is -0.466 e. The third-order valence-corrected chi connectivity index (χ3v) is 4.33. The largest absolute Gasteiger partial charge is 0.466 e. The number of hydrogen-bond donors (Lipinski definition) is 1. The Morgan fingerprint density at radius 3 is 2.00 bits per heavy atom. The van der Waals surface area contributed by atoms with Crippen molar-refractivity contribution >= 4 is 5.97 Å². The number of rotatable bonds is 9. The molecule has 0 amide bonds. The van der Waals surface area contributed by atoms with E-state index in [2.05, 4.69) is 53.8 Å². The second-order valence-corrected chi connectivity index (χ2v) is 6.96. The molecule has 0 aliphatic rings. The highest BCUT2D eigenvalue weighted by atomic mass is 16.5. The Labute approximate surface area is 151 Å². The molecule has 0 atom stereocenters. The summed E-state index contributed by atoms with van der Waals surface area (Å²) in [6.07, 6.45) is 1.35. The molecule has 0 radical (unpaired) electrons. The summed E-state index contributed by atoms with van der Waals surface area (Å²) in [5.41, 5.74) is 2.36. The summed E-state index contributed by atoms with van der Waals surface area (Å²) in [6.45, 7) is 7.19. The molecule has 1 N–H and O–H groups in total. The molecule has 2 aromatic carbocycles. The fraction of sp³-hybridized carbons (Fsp3) is 0.409. The van der Waals surface area contributed by atoms with Crippen molar-refractivity contribution in [3.8, 4) is 0 Å². The molecule has 25 heavy (non-hydrogen) atoms. The predicted octanol–water partition coefficient (Wildman–Crippen LogP) is 4.53. The maximum absolute atomic E-state index is 11.7. The first-order valence-corrected chi connectivity index (χ1v) is 9.02. The molecule has 0 saturated carbocycles. The van der Waals surface area contributed by atoms with Crippen molar-refractivity contribution in [2.75, 3.05) is 13.2 Å². The van der Waals surface area contributed by atoms with Crippen molar-refractivity contribution in [1.29, 1.82) is 0 Å². The van der Waals surface area contributed by atoms with Gasteiger partial charge in [0.25, 0.3) is 0 Å². The van der Waals surface area contributed by atoms with Crippen LogP contribution in [0.1, 0.15) is 50.7 Å². The normalized spacial score (nSPS) is 11.5. The Kier molecular flexibility index (Phi) is 7.20. The van der Waals surface area contributed by atoms with E-state index in [1.807, 2.05) is 32.9 Å². The maximum atomic E-state index is 11.7. The molecule has 2 aromatic rings. The van der Waals surface area contributed by atoms with Crippen molar-refractivity contribution in [2.45, 2.75) is 45.1 Å². The minimum absolute atomic E-state index is 0.150. The first-order valence-electron chi connectivity index (χ1n) is 9.02. The Morgan fingerprint density at radius 2 is 1.52 bits per heavy atom. The molecular weight excluding hydrogens is 310 g/mol.